The summed E-state index contributed by atoms with van der Waals surface area (Å²) in [5.74, 6) is 0.885. The van der Waals surface area contributed by atoms with E-state index in [1.54, 1.807) is 19.3 Å². The van der Waals surface area contributed by atoms with Gasteiger partial charge in [-0.3, -0.25) is 4.99 Å². The Balaban J connectivity index is 2.05. The summed E-state index contributed by atoms with van der Waals surface area (Å²) in [6.07, 6.45) is 1.59. The maximum absolute atomic E-state index is 12.4. The topological polar surface area (TPSA) is 63.8 Å². The van der Waals surface area contributed by atoms with E-state index in [1.165, 1.54) is 0 Å². The van der Waals surface area contributed by atoms with Crippen LogP contribution in [0.4, 0.5) is 0 Å². The van der Waals surface area contributed by atoms with Crippen molar-refractivity contribution in [1.82, 2.24) is 5.32 Å². The number of rotatable bonds is 4. The highest BCUT2D eigenvalue weighted by atomic mass is 16.5. The summed E-state index contributed by atoms with van der Waals surface area (Å²) in [4.78, 5) is 17.1. The van der Waals surface area contributed by atoms with E-state index in [-0.39, 0.29) is 5.97 Å². The van der Waals surface area contributed by atoms with Gasteiger partial charge in [-0.15, -0.1) is 0 Å². The summed E-state index contributed by atoms with van der Waals surface area (Å²) in [5.41, 5.74) is 2.17. The second-order valence-corrected chi connectivity index (χ2v) is 5.15. The van der Waals surface area contributed by atoms with Gasteiger partial charge in [0, 0.05) is 5.70 Å². The molecule has 0 amide bonds. The number of furan rings is 1. The van der Waals surface area contributed by atoms with Gasteiger partial charge in [0.05, 0.1) is 18.4 Å². The van der Waals surface area contributed by atoms with Gasteiger partial charge < -0.3 is 14.5 Å². The average molecular weight is 310 g/mol. The smallest absolute Gasteiger partial charge is 0.338 e. The van der Waals surface area contributed by atoms with Crippen molar-refractivity contribution in [3.05, 3.63) is 71.3 Å². The molecule has 1 aliphatic rings. The van der Waals surface area contributed by atoms with Crippen LogP contribution in [0.25, 0.3) is 0 Å². The number of hydrogen-bond donors (Lipinski definition) is 1. The van der Waals surface area contributed by atoms with Crippen molar-refractivity contribution in [1.29, 1.82) is 0 Å². The summed E-state index contributed by atoms with van der Waals surface area (Å²) in [6, 6.07) is 12.9. The molecule has 3 rings (SSSR count). The fourth-order valence-electron chi connectivity index (χ4n) is 2.56. The summed E-state index contributed by atoms with van der Waals surface area (Å²) >= 11 is 0. The molecule has 0 unspecified atom stereocenters. The number of ether oxygens (including phenoxy) is 1. The molecule has 1 atom stereocenters. The molecule has 1 N–H and O–H groups in total. The SMILES string of the molecule is CCOC(=O)C1=C(C)NC(c2ccco2)=N[C@H]1c1ccccc1. The Morgan fingerprint density at radius 2 is 2.04 bits per heavy atom. The molecule has 1 aromatic heterocycles. The maximum atomic E-state index is 12.4. The van der Waals surface area contributed by atoms with E-state index >= 15 is 0 Å². The molecule has 2 heterocycles. The molecule has 0 radical (unpaired) electrons. The highest BCUT2D eigenvalue weighted by Crippen LogP contribution is 2.32. The third-order valence-corrected chi connectivity index (χ3v) is 3.61. The van der Waals surface area contributed by atoms with Gasteiger partial charge in [-0.05, 0) is 31.5 Å². The molecule has 0 saturated carbocycles. The van der Waals surface area contributed by atoms with Gasteiger partial charge in [-0.25, -0.2) is 4.79 Å². The lowest BCUT2D eigenvalue weighted by Crippen LogP contribution is -2.32. The Morgan fingerprint density at radius 1 is 1.26 bits per heavy atom. The van der Waals surface area contributed by atoms with E-state index < -0.39 is 6.04 Å². The quantitative estimate of drug-likeness (QED) is 0.881. The van der Waals surface area contributed by atoms with Crippen LogP contribution in [-0.4, -0.2) is 18.4 Å². The van der Waals surface area contributed by atoms with Crippen molar-refractivity contribution in [2.75, 3.05) is 6.61 Å². The number of carbonyl (C=O) groups is 1. The number of benzene rings is 1. The molecule has 1 aromatic carbocycles. The van der Waals surface area contributed by atoms with Crippen molar-refractivity contribution in [2.24, 2.45) is 4.99 Å². The first-order valence-electron chi connectivity index (χ1n) is 7.52. The van der Waals surface area contributed by atoms with Crippen molar-refractivity contribution in [3.8, 4) is 0 Å². The predicted octanol–water partition coefficient (Wildman–Crippen LogP) is 3.21. The third-order valence-electron chi connectivity index (χ3n) is 3.61. The normalized spacial score (nSPS) is 17.5. The lowest BCUT2D eigenvalue weighted by Gasteiger charge is -2.25. The van der Waals surface area contributed by atoms with Crippen LogP contribution in [0.5, 0.6) is 0 Å². The first-order valence-corrected chi connectivity index (χ1v) is 7.52. The van der Waals surface area contributed by atoms with E-state index in [9.17, 15) is 4.79 Å². The summed E-state index contributed by atoms with van der Waals surface area (Å²) < 4.78 is 10.6. The molecular formula is C18H18N2O3. The minimum atomic E-state index is -0.420. The maximum Gasteiger partial charge on any atom is 0.338 e. The van der Waals surface area contributed by atoms with Gasteiger partial charge in [-0.1, -0.05) is 30.3 Å². The third kappa shape index (κ3) is 3.04. The van der Waals surface area contributed by atoms with Crippen LogP contribution in [0.15, 0.2) is 69.4 Å². The number of esters is 1. The molecule has 0 saturated heterocycles. The molecule has 5 nitrogen and oxygen atoms in total. The average Bonchev–Trinajstić information content (AvgIpc) is 3.09. The number of aliphatic imine (C=N–C) groups is 1. The summed E-state index contributed by atoms with van der Waals surface area (Å²) in [7, 11) is 0. The standard InChI is InChI=1S/C18H18N2O3/c1-3-22-18(21)15-12(2)19-17(14-10-7-11-23-14)20-16(15)13-8-5-4-6-9-13/h4-11,16H,3H2,1-2H3,(H,19,20)/t16-/m0/s1. The van der Waals surface area contributed by atoms with Crippen LogP contribution in [0.3, 0.4) is 0 Å². The van der Waals surface area contributed by atoms with Gasteiger partial charge >= 0.3 is 5.97 Å². The summed E-state index contributed by atoms with van der Waals surface area (Å²) in [6.45, 7) is 3.96. The van der Waals surface area contributed by atoms with Crippen molar-refractivity contribution in [2.45, 2.75) is 19.9 Å². The largest absolute Gasteiger partial charge is 0.463 e. The molecule has 118 valence electrons. The van der Waals surface area contributed by atoms with Gasteiger partial charge in [0.15, 0.2) is 11.6 Å². The Hall–Kier alpha value is -2.82. The monoisotopic (exact) mass is 310 g/mol. The zero-order valence-corrected chi connectivity index (χ0v) is 13.1. The van der Waals surface area contributed by atoms with Gasteiger partial charge in [0.1, 0.15) is 6.04 Å². The van der Waals surface area contributed by atoms with Crippen LogP contribution in [0.1, 0.15) is 31.2 Å². The molecule has 0 aliphatic carbocycles. The fourth-order valence-corrected chi connectivity index (χ4v) is 2.56. The molecule has 23 heavy (non-hydrogen) atoms. The van der Waals surface area contributed by atoms with Crippen LogP contribution in [-0.2, 0) is 9.53 Å². The van der Waals surface area contributed by atoms with Gasteiger partial charge in [-0.2, -0.15) is 0 Å². The van der Waals surface area contributed by atoms with E-state index in [0.717, 1.165) is 11.3 Å². The molecule has 2 aromatic rings. The number of amidine groups is 1. The lowest BCUT2D eigenvalue weighted by atomic mass is 9.96. The van der Waals surface area contributed by atoms with E-state index in [2.05, 4.69) is 10.3 Å². The Labute approximate surface area is 134 Å². The van der Waals surface area contributed by atoms with E-state index in [1.807, 2.05) is 43.3 Å². The van der Waals surface area contributed by atoms with Crippen LogP contribution in [0.2, 0.25) is 0 Å². The number of carbonyl (C=O) groups excluding carboxylic acids is 1. The highest BCUT2D eigenvalue weighted by Gasteiger charge is 2.31. The van der Waals surface area contributed by atoms with Crippen molar-refractivity contribution < 1.29 is 13.9 Å². The van der Waals surface area contributed by atoms with E-state index in [0.29, 0.717) is 23.8 Å². The molecular weight excluding hydrogens is 292 g/mol. The molecule has 0 bridgehead atoms. The van der Waals surface area contributed by atoms with E-state index in [4.69, 9.17) is 9.15 Å². The second kappa shape index (κ2) is 6.52. The molecule has 0 fully saturated rings. The first-order chi connectivity index (χ1) is 11.2. The summed E-state index contributed by atoms with van der Waals surface area (Å²) in [5, 5.41) is 3.14. The second-order valence-electron chi connectivity index (χ2n) is 5.15. The Kier molecular flexibility index (Phi) is 4.28. The van der Waals surface area contributed by atoms with Crippen molar-refractivity contribution >= 4 is 11.8 Å². The molecule has 1 aliphatic heterocycles. The van der Waals surface area contributed by atoms with Crippen LogP contribution >= 0.6 is 0 Å². The highest BCUT2D eigenvalue weighted by molar-refractivity contribution is 6.02. The number of nitrogens with zero attached hydrogens (tertiary/aromatic N) is 1. The van der Waals surface area contributed by atoms with Gasteiger partial charge in [0.2, 0.25) is 0 Å². The minimum Gasteiger partial charge on any atom is -0.463 e. The Bertz CT molecular complexity index is 746. The van der Waals surface area contributed by atoms with Gasteiger partial charge in [0.25, 0.3) is 0 Å². The lowest BCUT2D eigenvalue weighted by molar-refractivity contribution is -0.138. The molecule has 0 spiro atoms. The van der Waals surface area contributed by atoms with Crippen LogP contribution in [0, 0.1) is 0 Å². The first kappa shape index (κ1) is 15.1. The number of nitrogens with one attached hydrogen (secondary N) is 1. The Morgan fingerprint density at radius 3 is 2.70 bits per heavy atom. The molecule has 5 heteroatoms. The zero-order chi connectivity index (χ0) is 16.2. The van der Waals surface area contributed by atoms with Crippen LogP contribution < -0.4 is 5.32 Å². The number of hydrogen-bond acceptors (Lipinski definition) is 5. The fraction of sp³-hybridized carbons (Fsp3) is 0.222. The zero-order valence-electron chi connectivity index (χ0n) is 13.1. The number of allylic oxidation sites excluding steroid dienone is 1. The van der Waals surface area contributed by atoms with Crippen molar-refractivity contribution in [3.63, 3.8) is 0 Å². The predicted molar refractivity (Wildman–Crippen MR) is 86.9 cm³/mol. The minimum absolute atomic E-state index is 0.325.